The van der Waals surface area contributed by atoms with E-state index in [0.717, 1.165) is 36.2 Å². The number of benzene rings is 3. The molecule has 0 N–H and O–H groups in total. The van der Waals surface area contributed by atoms with E-state index in [0.29, 0.717) is 23.7 Å². The van der Waals surface area contributed by atoms with Crippen molar-refractivity contribution in [3.05, 3.63) is 98.1 Å². The minimum atomic E-state index is -2.83. The van der Waals surface area contributed by atoms with Crippen LogP contribution < -0.4 is 9.47 Å². The third-order valence-electron chi connectivity index (χ3n) is 6.19. The Labute approximate surface area is 217 Å². The van der Waals surface area contributed by atoms with Gasteiger partial charge in [0.1, 0.15) is 0 Å². The van der Waals surface area contributed by atoms with Crippen LogP contribution in [0.4, 0.5) is 0 Å². The van der Waals surface area contributed by atoms with Gasteiger partial charge in [-0.3, -0.25) is 0 Å². The quantitative estimate of drug-likeness (QED) is 0.161. The number of nitrogens with zero attached hydrogens (tertiary/aromatic N) is 3. The van der Waals surface area contributed by atoms with E-state index >= 15 is 0 Å². The zero-order chi connectivity index (χ0) is 24.9. The van der Waals surface area contributed by atoms with Crippen LogP contribution in [0.3, 0.4) is 0 Å². The van der Waals surface area contributed by atoms with Gasteiger partial charge in [0, 0.05) is 0 Å². The summed E-state index contributed by atoms with van der Waals surface area (Å²) in [4.78, 5) is 8.07. The first kappa shape index (κ1) is 22.8. The van der Waals surface area contributed by atoms with Gasteiger partial charge in [-0.25, -0.2) is 0 Å². The summed E-state index contributed by atoms with van der Waals surface area (Å²) in [6.45, 7) is 0.449. The van der Waals surface area contributed by atoms with Crippen LogP contribution in [-0.2, 0) is 6.61 Å². The van der Waals surface area contributed by atoms with E-state index in [4.69, 9.17) is 17.7 Å². The summed E-state index contributed by atoms with van der Waals surface area (Å²) < 4.78 is 24.0. The van der Waals surface area contributed by atoms with Gasteiger partial charge in [-0.1, -0.05) is 0 Å². The number of pyridine rings is 1. The fraction of sp³-hybridized carbons (Fsp3) is 0.103. The molecule has 0 aliphatic carbocycles. The maximum atomic E-state index is 9.22. The van der Waals surface area contributed by atoms with Gasteiger partial charge in [-0.15, -0.1) is 0 Å². The molecule has 0 saturated carbocycles. The Morgan fingerprint density at radius 3 is 2.61 bits per heavy atom. The van der Waals surface area contributed by atoms with Gasteiger partial charge in [0.15, 0.2) is 0 Å². The van der Waals surface area contributed by atoms with Crippen molar-refractivity contribution in [1.29, 1.82) is 5.26 Å². The Morgan fingerprint density at radius 1 is 1.06 bits per heavy atom. The number of hydrogen-bond acceptors (Lipinski definition) is 6. The number of fused-ring (bicyclic) bond motifs is 4. The van der Waals surface area contributed by atoms with Crippen LogP contribution in [0.1, 0.15) is 21.6 Å². The maximum absolute atomic E-state index is 9.22. The number of methoxy groups -OCH3 is 1. The van der Waals surface area contributed by atoms with Gasteiger partial charge in [-0.05, 0) is 0 Å². The number of thiophene rings is 1. The van der Waals surface area contributed by atoms with Crippen molar-refractivity contribution in [2.45, 2.75) is 6.61 Å². The van der Waals surface area contributed by atoms with Crippen molar-refractivity contribution in [1.82, 2.24) is 4.98 Å². The minimum absolute atomic E-state index is 0.449. The van der Waals surface area contributed by atoms with Crippen molar-refractivity contribution in [2.75, 3.05) is 12.0 Å². The first-order valence-corrected chi connectivity index (χ1v) is 17.8. The average molecular weight is 603 g/mol. The van der Waals surface area contributed by atoms with Crippen LogP contribution >= 0.6 is 29.6 Å². The molecule has 1 aliphatic heterocycles. The van der Waals surface area contributed by atoms with E-state index in [2.05, 4.69) is 39.8 Å². The number of nitriles is 1. The van der Waals surface area contributed by atoms with Crippen LogP contribution in [0.5, 0.6) is 11.5 Å². The molecule has 0 amide bonds. The van der Waals surface area contributed by atoms with Crippen LogP contribution in [-0.4, -0.2) is 27.3 Å². The first-order chi connectivity index (χ1) is 17.5. The van der Waals surface area contributed by atoms with E-state index in [9.17, 15) is 5.26 Å². The van der Waals surface area contributed by atoms with E-state index in [1.165, 1.54) is 10.1 Å². The second-order valence-electron chi connectivity index (χ2n) is 8.63. The molecule has 3 aromatic carbocycles. The topological polar surface area (TPSA) is 67.5 Å². The van der Waals surface area contributed by atoms with E-state index in [-0.39, 0.29) is 0 Å². The van der Waals surface area contributed by atoms with Crippen LogP contribution in [0.2, 0.25) is 0 Å². The average Bonchev–Trinajstić information content (AvgIpc) is 3.44. The predicted molar refractivity (Wildman–Crippen MR) is 157 cm³/mol. The van der Waals surface area contributed by atoms with Crippen molar-refractivity contribution in [2.24, 2.45) is 3.21 Å². The molecule has 6 rings (SSSR count). The Balaban J connectivity index is 1.45. The number of hydrogen-bond donors (Lipinski definition) is 0. The fourth-order valence-electron chi connectivity index (χ4n) is 4.42. The molecule has 5 aromatic rings. The first-order valence-electron chi connectivity index (χ1n) is 11.2. The molecule has 5 nitrogen and oxygen atoms in total. The summed E-state index contributed by atoms with van der Waals surface area (Å²) in [7, 11) is 1.65. The molecule has 0 fully saturated rings. The summed E-state index contributed by atoms with van der Waals surface area (Å²) >= 11 is -1.10. The van der Waals surface area contributed by atoms with Crippen molar-refractivity contribution >= 4 is 60.8 Å². The Morgan fingerprint density at radius 2 is 1.86 bits per heavy atom. The molecule has 7 heteroatoms. The molecule has 1 aliphatic rings. The number of rotatable bonds is 5. The van der Waals surface area contributed by atoms with Crippen molar-refractivity contribution < 1.29 is 9.47 Å². The molecule has 0 radical (unpaired) electrons. The molecule has 1 atom stereocenters. The van der Waals surface area contributed by atoms with Gasteiger partial charge in [0.05, 0.1) is 0 Å². The second-order valence-corrected chi connectivity index (χ2v) is 16.9. The molecule has 0 saturated heterocycles. The van der Waals surface area contributed by atoms with Crippen LogP contribution in [0.15, 0.2) is 76.1 Å². The molecular formula is C29H22IN3O2S. The Bertz CT molecular complexity index is 1750. The normalized spacial score (nSPS) is 18.3. The second kappa shape index (κ2) is 8.80. The Hall–Kier alpha value is -3.61. The van der Waals surface area contributed by atoms with Gasteiger partial charge >= 0.3 is 218 Å². The fourth-order valence-corrected chi connectivity index (χ4v) is 9.69. The summed E-state index contributed by atoms with van der Waals surface area (Å²) in [5.41, 5.74) is 4.39. The standard InChI is InChI=1S/C29H22IN3O2S/c1-30(2)23-16-32-24-14-25(34-3)26(35-17-21-12-20-6-4-5-7-27(20)36-21)13-22(24)28(23)29(33-30)19-10-8-18(15-31)9-11-19/h4-14,16H,1,17H2,2-3H3. The number of halogens is 1. The van der Waals surface area contributed by atoms with Gasteiger partial charge in [-0.2, -0.15) is 0 Å². The molecule has 178 valence electrons. The van der Waals surface area contributed by atoms with Crippen molar-refractivity contribution in [3.63, 3.8) is 0 Å². The third-order valence-corrected chi connectivity index (χ3v) is 12.1. The van der Waals surface area contributed by atoms with Crippen LogP contribution in [0, 0.1) is 14.9 Å². The van der Waals surface area contributed by atoms with E-state index in [1.807, 2.05) is 48.7 Å². The molecule has 0 bridgehead atoms. The summed E-state index contributed by atoms with van der Waals surface area (Å²) in [5, 5.41) is 11.4. The summed E-state index contributed by atoms with van der Waals surface area (Å²) in [6.07, 6.45) is 1.93. The van der Waals surface area contributed by atoms with E-state index in [1.54, 1.807) is 18.4 Å². The van der Waals surface area contributed by atoms with Gasteiger partial charge < -0.3 is 0 Å². The molecule has 1 unspecified atom stereocenters. The van der Waals surface area contributed by atoms with Gasteiger partial charge in [0.2, 0.25) is 0 Å². The number of aromatic nitrogens is 1. The van der Waals surface area contributed by atoms with Gasteiger partial charge in [0.25, 0.3) is 0 Å². The number of ether oxygens (including phenoxy) is 2. The molecule has 3 heterocycles. The van der Waals surface area contributed by atoms with Crippen molar-refractivity contribution in [3.8, 4) is 17.6 Å². The third kappa shape index (κ3) is 3.87. The molecule has 0 spiro atoms. The number of alkyl halides is 1. The SMILES string of the molecule is C=I1(C)N=C(c2ccc(C#N)cc2)c2c1cnc1cc(OC)c(OCc3cc4ccccc4s3)cc21. The zero-order valence-corrected chi connectivity index (χ0v) is 22.8. The van der Waals surface area contributed by atoms with E-state index < -0.39 is 18.2 Å². The molecule has 36 heavy (non-hydrogen) atoms. The predicted octanol–water partition coefficient (Wildman–Crippen LogP) is 6.95. The van der Waals surface area contributed by atoms with Crippen LogP contribution in [0.25, 0.3) is 21.0 Å². The molecule has 2 aromatic heterocycles. The molecular weight excluding hydrogens is 581 g/mol. The summed E-state index contributed by atoms with van der Waals surface area (Å²) in [6, 6.07) is 24.2. The Kier molecular flexibility index (Phi) is 5.58. The summed E-state index contributed by atoms with van der Waals surface area (Å²) in [5.74, 6) is 1.31. The zero-order valence-electron chi connectivity index (χ0n) is 19.8. The monoisotopic (exact) mass is 603 g/mol.